The Balaban J connectivity index is 2.03. The summed E-state index contributed by atoms with van der Waals surface area (Å²) < 4.78 is 37.7. The second-order valence-electron chi connectivity index (χ2n) is 5.23. The van der Waals surface area contributed by atoms with E-state index in [9.17, 15) is 18.5 Å². The third kappa shape index (κ3) is 4.91. The lowest BCUT2D eigenvalue weighted by Gasteiger charge is -2.15. The van der Waals surface area contributed by atoms with Crippen LogP contribution in [0.4, 0.5) is 5.69 Å². The molecule has 0 heterocycles. The zero-order chi connectivity index (χ0) is 18.4. The Morgan fingerprint density at radius 3 is 2.32 bits per heavy atom. The largest absolute Gasteiger partial charge is 0.497 e. The van der Waals surface area contributed by atoms with Crippen LogP contribution in [-0.4, -0.2) is 33.1 Å². The minimum absolute atomic E-state index is 0.0617. The fourth-order valence-electron chi connectivity index (χ4n) is 2.09. The molecule has 8 nitrogen and oxygen atoms in total. The molecule has 0 fully saturated rings. The highest BCUT2D eigenvalue weighted by atomic mass is 32.2. The van der Waals surface area contributed by atoms with E-state index in [4.69, 9.17) is 9.47 Å². The van der Waals surface area contributed by atoms with Crippen LogP contribution in [0.25, 0.3) is 0 Å². The van der Waals surface area contributed by atoms with E-state index in [-0.39, 0.29) is 11.5 Å². The predicted molar refractivity (Wildman–Crippen MR) is 91.4 cm³/mol. The van der Waals surface area contributed by atoms with Crippen molar-refractivity contribution in [3.63, 3.8) is 0 Å². The summed E-state index contributed by atoms with van der Waals surface area (Å²) in [5.41, 5.74) is -0.474. The Hall–Kier alpha value is -2.65. The van der Waals surface area contributed by atoms with Crippen LogP contribution in [-0.2, 0) is 10.0 Å². The lowest BCUT2D eigenvalue weighted by Crippen LogP contribution is -2.37. The van der Waals surface area contributed by atoms with E-state index in [0.717, 1.165) is 6.07 Å². The van der Waals surface area contributed by atoms with Crippen LogP contribution in [0.1, 0.15) is 6.92 Å². The van der Waals surface area contributed by atoms with Crippen molar-refractivity contribution in [1.82, 2.24) is 4.72 Å². The van der Waals surface area contributed by atoms with Crippen LogP contribution in [0.15, 0.2) is 53.4 Å². The molecule has 9 heteroatoms. The van der Waals surface area contributed by atoms with Crippen molar-refractivity contribution in [2.75, 3.05) is 13.7 Å². The van der Waals surface area contributed by atoms with E-state index in [1.807, 2.05) is 0 Å². The zero-order valence-electron chi connectivity index (χ0n) is 13.7. The molecule has 25 heavy (non-hydrogen) atoms. The third-order valence-corrected chi connectivity index (χ3v) is 4.90. The van der Waals surface area contributed by atoms with E-state index in [1.54, 1.807) is 38.3 Å². The molecule has 0 aliphatic rings. The Labute approximate surface area is 145 Å². The molecular weight excluding hydrogens is 348 g/mol. The van der Waals surface area contributed by atoms with Gasteiger partial charge < -0.3 is 9.47 Å². The van der Waals surface area contributed by atoms with Crippen molar-refractivity contribution in [1.29, 1.82) is 0 Å². The number of sulfonamides is 1. The van der Waals surface area contributed by atoms with Crippen molar-refractivity contribution in [3.8, 4) is 11.5 Å². The summed E-state index contributed by atoms with van der Waals surface area (Å²) in [6, 6.07) is 11.4. The van der Waals surface area contributed by atoms with E-state index < -0.39 is 26.7 Å². The molecule has 2 aromatic carbocycles. The van der Waals surface area contributed by atoms with Crippen molar-refractivity contribution in [3.05, 3.63) is 58.6 Å². The number of ether oxygens (including phenoxy) is 2. The highest BCUT2D eigenvalue weighted by Gasteiger charge is 2.26. The molecule has 0 saturated carbocycles. The lowest BCUT2D eigenvalue weighted by molar-refractivity contribution is -0.387. The SMILES string of the molecule is COc1ccc(OC[C@H](C)NS(=O)(=O)c2ccccc2[N+](=O)[O-])cc1. The molecule has 134 valence electrons. The average molecular weight is 366 g/mol. The van der Waals surface area contributed by atoms with Gasteiger partial charge in [0.25, 0.3) is 5.69 Å². The smallest absolute Gasteiger partial charge is 0.289 e. The van der Waals surface area contributed by atoms with Gasteiger partial charge in [0.1, 0.15) is 18.1 Å². The van der Waals surface area contributed by atoms with Gasteiger partial charge in [0.15, 0.2) is 4.90 Å². The molecule has 2 rings (SSSR count). The maximum Gasteiger partial charge on any atom is 0.289 e. The van der Waals surface area contributed by atoms with Gasteiger partial charge in [-0.15, -0.1) is 0 Å². The molecule has 2 aromatic rings. The van der Waals surface area contributed by atoms with Gasteiger partial charge in [0, 0.05) is 6.07 Å². The summed E-state index contributed by atoms with van der Waals surface area (Å²) in [7, 11) is -2.49. The number of rotatable bonds is 8. The van der Waals surface area contributed by atoms with E-state index in [1.165, 1.54) is 18.2 Å². The van der Waals surface area contributed by atoms with Crippen molar-refractivity contribution < 1.29 is 22.8 Å². The number of hydrogen-bond acceptors (Lipinski definition) is 6. The molecule has 0 unspecified atom stereocenters. The molecule has 0 radical (unpaired) electrons. The van der Waals surface area contributed by atoms with Gasteiger partial charge in [-0.05, 0) is 37.3 Å². The van der Waals surface area contributed by atoms with Gasteiger partial charge in [-0.25, -0.2) is 13.1 Å². The minimum Gasteiger partial charge on any atom is -0.497 e. The van der Waals surface area contributed by atoms with Gasteiger partial charge >= 0.3 is 0 Å². The highest BCUT2D eigenvalue weighted by Crippen LogP contribution is 2.23. The second kappa shape index (κ2) is 7.95. The summed E-state index contributed by atoms with van der Waals surface area (Å²) in [6.45, 7) is 1.67. The first-order valence-corrected chi connectivity index (χ1v) is 8.84. The number of para-hydroxylation sites is 1. The van der Waals surface area contributed by atoms with Crippen LogP contribution < -0.4 is 14.2 Å². The van der Waals surface area contributed by atoms with E-state index >= 15 is 0 Å². The Bertz CT molecular complexity index is 836. The molecule has 0 aliphatic heterocycles. The van der Waals surface area contributed by atoms with Crippen LogP contribution in [0.2, 0.25) is 0 Å². The first-order chi connectivity index (χ1) is 11.8. The van der Waals surface area contributed by atoms with Crippen LogP contribution in [0, 0.1) is 10.1 Å². The lowest BCUT2D eigenvalue weighted by atomic mass is 10.3. The summed E-state index contributed by atoms with van der Waals surface area (Å²) in [5.74, 6) is 1.23. The van der Waals surface area contributed by atoms with E-state index in [2.05, 4.69) is 4.72 Å². The second-order valence-corrected chi connectivity index (χ2v) is 6.92. The summed E-state index contributed by atoms with van der Waals surface area (Å²) in [5, 5.41) is 11.0. The fraction of sp³-hybridized carbons (Fsp3) is 0.250. The maximum atomic E-state index is 12.4. The first-order valence-electron chi connectivity index (χ1n) is 7.36. The topological polar surface area (TPSA) is 108 Å². The van der Waals surface area contributed by atoms with E-state index in [0.29, 0.717) is 11.5 Å². The van der Waals surface area contributed by atoms with Gasteiger partial charge in [-0.1, -0.05) is 12.1 Å². The van der Waals surface area contributed by atoms with Gasteiger partial charge in [-0.3, -0.25) is 10.1 Å². The Morgan fingerprint density at radius 1 is 1.12 bits per heavy atom. The van der Waals surface area contributed by atoms with Crippen LogP contribution in [0.3, 0.4) is 0 Å². The van der Waals surface area contributed by atoms with Gasteiger partial charge in [0.05, 0.1) is 18.1 Å². The third-order valence-electron chi connectivity index (χ3n) is 3.27. The number of nitro groups is 1. The predicted octanol–water partition coefficient (Wildman–Crippen LogP) is 2.35. The number of benzene rings is 2. The molecule has 0 amide bonds. The zero-order valence-corrected chi connectivity index (χ0v) is 14.5. The molecule has 0 bridgehead atoms. The Morgan fingerprint density at radius 2 is 1.72 bits per heavy atom. The number of nitro benzene ring substituents is 1. The van der Waals surface area contributed by atoms with Gasteiger partial charge in [-0.2, -0.15) is 0 Å². The number of nitrogens with one attached hydrogen (secondary N) is 1. The summed E-state index contributed by atoms with van der Waals surface area (Å²) in [4.78, 5) is 9.89. The van der Waals surface area contributed by atoms with Crippen LogP contribution >= 0.6 is 0 Å². The number of nitrogens with zero attached hydrogens (tertiary/aromatic N) is 1. The molecule has 0 spiro atoms. The van der Waals surface area contributed by atoms with Crippen molar-refractivity contribution in [2.24, 2.45) is 0 Å². The van der Waals surface area contributed by atoms with Crippen molar-refractivity contribution >= 4 is 15.7 Å². The molecule has 0 saturated heterocycles. The van der Waals surface area contributed by atoms with Crippen LogP contribution in [0.5, 0.6) is 11.5 Å². The highest BCUT2D eigenvalue weighted by molar-refractivity contribution is 7.89. The number of hydrogen-bond donors (Lipinski definition) is 1. The quantitative estimate of drug-likeness (QED) is 0.567. The standard InChI is InChI=1S/C16H18N2O6S/c1-12(11-24-14-9-7-13(23-2)8-10-14)17-25(21,22)16-6-4-3-5-15(16)18(19)20/h3-10,12,17H,11H2,1-2H3/t12-/m0/s1. The average Bonchev–Trinajstić information content (AvgIpc) is 2.60. The number of methoxy groups -OCH3 is 1. The van der Waals surface area contributed by atoms with Crippen molar-refractivity contribution in [2.45, 2.75) is 17.9 Å². The monoisotopic (exact) mass is 366 g/mol. The Kier molecular flexibility index (Phi) is 5.94. The molecule has 0 aromatic heterocycles. The molecule has 0 aliphatic carbocycles. The summed E-state index contributed by atoms with van der Waals surface area (Å²) in [6.07, 6.45) is 0. The maximum absolute atomic E-state index is 12.4. The minimum atomic E-state index is -4.04. The normalized spacial score (nSPS) is 12.4. The molecule has 1 N–H and O–H groups in total. The fourth-order valence-corrected chi connectivity index (χ4v) is 3.49. The first kappa shape index (κ1) is 18.7. The molecular formula is C16H18N2O6S. The molecule has 1 atom stereocenters. The summed E-state index contributed by atoms with van der Waals surface area (Å²) >= 11 is 0. The van der Waals surface area contributed by atoms with Gasteiger partial charge in [0.2, 0.25) is 10.0 Å².